The molecule has 1 heterocycles. The second-order valence-electron chi connectivity index (χ2n) is 4.53. The van der Waals surface area contributed by atoms with Gasteiger partial charge in [0.2, 0.25) is 0 Å². The number of hydrogen-bond acceptors (Lipinski definition) is 3. The largest absolute Gasteiger partial charge is 0.480 e. The van der Waals surface area contributed by atoms with Gasteiger partial charge >= 0.3 is 5.97 Å². The van der Waals surface area contributed by atoms with Crippen LogP contribution in [0.2, 0.25) is 5.02 Å². The van der Waals surface area contributed by atoms with E-state index in [0.717, 1.165) is 16.8 Å². The standard InChI is InChI=1S/C15H15ClN2O2/c1-11-5-6-17-8-12(11)9-18(10-15(19)20)14-4-2-3-13(16)7-14/h2-8H,9-10H2,1H3,(H,19,20). The fraction of sp³-hybridized carbons (Fsp3) is 0.200. The quantitative estimate of drug-likeness (QED) is 0.919. The zero-order valence-corrected chi connectivity index (χ0v) is 11.8. The summed E-state index contributed by atoms with van der Waals surface area (Å²) in [6, 6.07) is 9.09. The smallest absolute Gasteiger partial charge is 0.323 e. The van der Waals surface area contributed by atoms with Crippen molar-refractivity contribution >= 4 is 23.3 Å². The molecule has 0 fully saturated rings. The Balaban J connectivity index is 2.29. The molecule has 0 aliphatic carbocycles. The lowest BCUT2D eigenvalue weighted by Crippen LogP contribution is -2.29. The molecule has 1 aromatic heterocycles. The Labute approximate surface area is 122 Å². The van der Waals surface area contributed by atoms with Gasteiger partial charge in [-0.2, -0.15) is 0 Å². The summed E-state index contributed by atoms with van der Waals surface area (Å²) in [5.41, 5.74) is 2.86. The molecule has 4 nitrogen and oxygen atoms in total. The van der Waals surface area contributed by atoms with Gasteiger partial charge in [0, 0.05) is 29.6 Å². The average Bonchev–Trinajstić information content (AvgIpc) is 2.40. The third-order valence-corrected chi connectivity index (χ3v) is 3.24. The van der Waals surface area contributed by atoms with E-state index in [1.165, 1.54) is 0 Å². The van der Waals surface area contributed by atoms with Crippen molar-refractivity contribution in [2.45, 2.75) is 13.5 Å². The zero-order chi connectivity index (χ0) is 14.5. The number of carboxylic acids is 1. The van der Waals surface area contributed by atoms with Crippen molar-refractivity contribution in [1.29, 1.82) is 0 Å². The van der Waals surface area contributed by atoms with E-state index in [1.54, 1.807) is 29.4 Å². The highest BCUT2D eigenvalue weighted by Crippen LogP contribution is 2.22. The normalized spacial score (nSPS) is 10.3. The Morgan fingerprint density at radius 2 is 2.20 bits per heavy atom. The van der Waals surface area contributed by atoms with Gasteiger partial charge in [-0.25, -0.2) is 0 Å². The number of aliphatic carboxylic acids is 1. The molecule has 0 bridgehead atoms. The number of nitrogens with zero attached hydrogens (tertiary/aromatic N) is 2. The minimum absolute atomic E-state index is 0.0886. The number of hydrogen-bond donors (Lipinski definition) is 1. The minimum atomic E-state index is -0.883. The highest BCUT2D eigenvalue weighted by molar-refractivity contribution is 6.30. The Kier molecular flexibility index (Phi) is 4.58. The maximum absolute atomic E-state index is 11.1. The van der Waals surface area contributed by atoms with Crippen molar-refractivity contribution in [3.63, 3.8) is 0 Å². The van der Waals surface area contributed by atoms with Crippen LogP contribution in [0.5, 0.6) is 0 Å². The Morgan fingerprint density at radius 1 is 1.40 bits per heavy atom. The van der Waals surface area contributed by atoms with Crippen LogP contribution in [-0.4, -0.2) is 22.6 Å². The van der Waals surface area contributed by atoms with Crippen LogP contribution in [0.4, 0.5) is 5.69 Å². The molecular weight excluding hydrogens is 276 g/mol. The maximum atomic E-state index is 11.1. The van der Waals surface area contributed by atoms with Crippen LogP contribution in [0.1, 0.15) is 11.1 Å². The third-order valence-electron chi connectivity index (χ3n) is 3.01. The first kappa shape index (κ1) is 14.3. The molecule has 0 unspecified atom stereocenters. The monoisotopic (exact) mass is 290 g/mol. The molecule has 20 heavy (non-hydrogen) atoms. The highest BCUT2D eigenvalue weighted by Gasteiger charge is 2.13. The Hall–Kier alpha value is -2.07. The van der Waals surface area contributed by atoms with Gasteiger partial charge in [-0.15, -0.1) is 0 Å². The van der Waals surface area contributed by atoms with Crippen molar-refractivity contribution in [3.8, 4) is 0 Å². The van der Waals surface area contributed by atoms with E-state index in [4.69, 9.17) is 16.7 Å². The first-order valence-corrected chi connectivity index (χ1v) is 6.56. The lowest BCUT2D eigenvalue weighted by atomic mass is 10.1. The van der Waals surface area contributed by atoms with Crippen molar-refractivity contribution in [2.75, 3.05) is 11.4 Å². The topological polar surface area (TPSA) is 53.4 Å². The van der Waals surface area contributed by atoms with Crippen LogP contribution in [0, 0.1) is 6.92 Å². The van der Waals surface area contributed by atoms with Crippen molar-refractivity contribution in [3.05, 3.63) is 58.9 Å². The molecule has 2 rings (SSSR count). The second kappa shape index (κ2) is 6.39. The van der Waals surface area contributed by atoms with Gasteiger partial charge < -0.3 is 10.0 Å². The molecule has 5 heteroatoms. The SMILES string of the molecule is Cc1ccncc1CN(CC(=O)O)c1cccc(Cl)c1. The summed E-state index contributed by atoms with van der Waals surface area (Å²) in [5.74, 6) is -0.883. The zero-order valence-electron chi connectivity index (χ0n) is 11.1. The van der Waals surface area contributed by atoms with Gasteiger partial charge in [-0.3, -0.25) is 9.78 Å². The van der Waals surface area contributed by atoms with Crippen LogP contribution < -0.4 is 4.90 Å². The molecule has 0 saturated heterocycles. The summed E-state index contributed by atoms with van der Waals surface area (Å²) in [6.07, 6.45) is 3.48. The number of pyridine rings is 1. The van der Waals surface area contributed by atoms with Gasteiger partial charge in [0.1, 0.15) is 6.54 Å². The van der Waals surface area contributed by atoms with Crippen molar-refractivity contribution in [2.24, 2.45) is 0 Å². The van der Waals surface area contributed by atoms with E-state index < -0.39 is 5.97 Å². The number of rotatable bonds is 5. The van der Waals surface area contributed by atoms with E-state index in [1.807, 2.05) is 25.1 Å². The number of halogens is 1. The molecule has 2 aromatic rings. The molecule has 0 radical (unpaired) electrons. The highest BCUT2D eigenvalue weighted by atomic mass is 35.5. The van der Waals surface area contributed by atoms with Crippen molar-refractivity contribution in [1.82, 2.24) is 4.98 Å². The van der Waals surface area contributed by atoms with Crippen LogP contribution in [-0.2, 0) is 11.3 Å². The fourth-order valence-corrected chi connectivity index (χ4v) is 2.13. The molecule has 1 N–H and O–H groups in total. The summed E-state index contributed by atoms with van der Waals surface area (Å²) < 4.78 is 0. The van der Waals surface area contributed by atoms with E-state index in [-0.39, 0.29) is 6.54 Å². The lowest BCUT2D eigenvalue weighted by molar-refractivity contribution is -0.135. The van der Waals surface area contributed by atoms with Gasteiger partial charge in [-0.1, -0.05) is 17.7 Å². The fourth-order valence-electron chi connectivity index (χ4n) is 1.94. The van der Waals surface area contributed by atoms with E-state index in [2.05, 4.69) is 4.98 Å². The first-order valence-electron chi connectivity index (χ1n) is 6.18. The summed E-state index contributed by atoms with van der Waals surface area (Å²) in [5, 5.41) is 9.66. The van der Waals surface area contributed by atoms with Crippen LogP contribution >= 0.6 is 11.6 Å². The predicted molar refractivity (Wildman–Crippen MR) is 79.1 cm³/mol. The second-order valence-corrected chi connectivity index (χ2v) is 4.97. The number of carbonyl (C=O) groups is 1. The van der Waals surface area contributed by atoms with Crippen LogP contribution in [0.15, 0.2) is 42.7 Å². The summed E-state index contributed by atoms with van der Waals surface area (Å²) >= 11 is 5.97. The minimum Gasteiger partial charge on any atom is -0.480 e. The molecule has 0 aliphatic heterocycles. The van der Waals surface area contributed by atoms with E-state index >= 15 is 0 Å². The number of carboxylic acid groups (broad SMARTS) is 1. The number of benzene rings is 1. The Morgan fingerprint density at radius 3 is 2.85 bits per heavy atom. The molecule has 1 aromatic carbocycles. The predicted octanol–water partition coefficient (Wildman–Crippen LogP) is 3.13. The molecule has 0 atom stereocenters. The van der Waals surface area contributed by atoms with Gasteiger partial charge in [-0.05, 0) is 42.3 Å². The van der Waals surface area contributed by atoms with Crippen LogP contribution in [0.3, 0.4) is 0 Å². The van der Waals surface area contributed by atoms with E-state index in [9.17, 15) is 4.79 Å². The molecule has 0 amide bonds. The van der Waals surface area contributed by atoms with Gasteiger partial charge in [0.15, 0.2) is 0 Å². The summed E-state index contributed by atoms with van der Waals surface area (Å²) in [7, 11) is 0. The molecule has 104 valence electrons. The number of anilines is 1. The third kappa shape index (κ3) is 3.71. The number of aryl methyl sites for hydroxylation is 1. The van der Waals surface area contributed by atoms with Gasteiger partial charge in [0.25, 0.3) is 0 Å². The first-order chi connectivity index (χ1) is 9.56. The Bertz CT molecular complexity index is 616. The average molecular weight is 291 g/mol. The van der Waals surface area contributed by atoms with Crippen molar-refractivity contribution < 1.29 is 9.90 Å². The molecule has 0 saturated carbocycles. The molecule has 0 spiro atoms. The lowest BCUT2D eigenvalue weighted by Gasteiger charge is -2.23. The van der Waals surface area contributed by atoms with E-state index in [0.29, 0.717) is 11.6 Å². The molecule has 0 aliphatic rings. The molecular formula is C15H15ClN2O2. The van der Waals surface area contributed by atoms with Gasteiger partial charge in [0.05, 0.1) is 0 Å². The summed E-state index contributed by atoms with van der Waals surface area (Å²) in [6.45, 7) is 2.37. The van der Waals surface area contributed by atoms with Crippen LogP contribution in [0.25, 0.3) is 0 Å². The summed E-state index contributed by atoms with van der Waals surface area (Å²) in [4.78, 5) is 16.9. The maximum Gasteiger partial charge on any atom is 0.323 e. The number of aromatic nitrogens is 1.